The number of thiophene rings is 1. The maximum atomic E-state index is 6.09. The predicted molar refractivity (Wildman–Crippen MR) is 98.1 cm³/mol. The first-order chi connectivity index (χ1) is 10.2. The molecule has 2 aromatic heterocycles. The lowest BCUT2D eigenvalue weighted by Gasteiger charge is -2.14. The molecule has 0 aliphatic heterocycles. The summed E-state index contributed by atoms with van der Waals surface area (Å²) < 4.78 is 7.39. The maximum Gasteiger partial charge on any atom is 0.134 e. The highest BCUT2D eigenvalue weighted by Gasteiger charge is 2.19. The standard InChI is InChI=1S/C17H18INOS/c1-3-6-19-17(13-9-16(18)21-10-13)15-8-12-7-11(2)4-5-14(12)20-15/h4-5,7-10,17,19H,3,6H2,1-2H3. The van der Waals surface area contributed by atoms with Gasteiger partial charge < -0.3 is 9.73 Å². The molecule has 2 nitrogen and oxygen atoms in total. The molecule has 1 N–H and O–H groups in total. The summed E-state index contributed by atoms with van der Waals surface area (Å²) in [6.07, 6.45) is 1.11. The molecule has 0 radical (unpaired) electrons. The fourth-order valence-electron chi connectivity index (χ4n) is 2.47. The van der Waals surface area contributed by atoms with E-state index in [-0.39, 0.29) is 6.04 Å². The largest absolute Gasteiger partial charge is 0.459 e. The predicted octanol–water partition coefficient (Wildman–Crippen LogP) is 5.50. The van der Waals surface area contributed by atoms with Crippen LogP contribution >= 0.6 is 33.9 Å². The van der Waals surface area contributed by atoms with Crippen molar-refractivity contribution in [2.45, 2.75) is 26.3 Å². The van der Waals surface area contributed by atoms with Gasteiger partial charge in [0.15, 0.2) is 0 Å². The van der Waals surface area contributed by atoms with Gasteiger partial charge in [-0.1, -0.05) is 18.6 Å². The highest BCUT2D eigenvalue weighted by Crippen LogP contribution is 2.31. The molecule has 1 atom stereocenters. The van der Waals surface area contributed by atoms with Crippen LogP contribution < -0.4 is 5.32 Å². The van der Waals surface area contributed by atoms with Crippen LogP contribution in [0.15, 0.2) is 40.1 Å². The Morgan fingerprint density at radius 2 is 2.14 bits per heavy atom. The number of hydrogen-bond acceptors (Lipinski definition) is 3. The summed E-state index contributed by atoms with van der Waals surface area (Å²) in [6, 6.07) is 10.9. The van der Waals surface area contributed by atoms with Crippen molar-refractivity contribution in [3.63, 3.8) is 0 Å². The Kier molecular flexibility index (Phi) is 4.66. The van der Waals surface area contributed by atoms with E-state index in [1.807, 2.05) is 0 Å². The molecule has 0 aliphatic rings. The van der Waals surface area contributed by atoms with Crippen molar-refractivity contribution >= 4 is 44.9 Å². The zero-order valence-corrected chi connectivity index (χ0v) is 15.1. The van der Waals surface area contributed by atoms with Crippen molar-refractivity contribution < 1.29 is 4.42 Å². The molecule has 0 aliphatic carbocycles. The molecule has 2 heterocycles. The van der Waals surface area contributed by atoms with Gasteiger partial charge in [0.25, 0.3) is 0 Å². The number of nitrogens with one attached hydrogen (secondary N) is 1. The van der Waals surface area contributed by atoms with Crippen LogP contribution in [-0.2, 0) is 0 Å². The van der Waals surface area contributed by atoms with Crippen molar-refractivity contribution in [2.75, 3.05) is 6.54 Å². The maximum absolute atomic E-state index is 6.09. The summed E-state index contributed by atoms with van der Waals surface area (Å²) in [4.78, 5) is 0. The number of halogens is 1. The summed E-state index contributed by atoms with van der Waals surface area (Å²) in [6.45, 7) is 5.27. The second-order valence-electron chi connectivity index (χ2n) is 5.26. The number of aryl methyl sites for hydroxylation is 1. The van der Waals surface area contributed by atoms with Crippen LogP contribution in [0.4, 0.5) is 0 Å². The van der Waals surface area contributed by atoms with Crippen LogP contribution in [0.3, 0.4) is 0 Å². The molecular formula is C17H18INOS. The van der Waals surface area contributed by atoms with Gasteiger partial charge in [-0.05, 0) is 77.7 Å². The van der Waals surface area contributed by atoms with E-state index in [0.717, 1.165) is 24.3 Å². The summed E-state index contributed by atoms with van der Waals surface area (Å²) in [5.74, 6) is 0.998. The summed E-state index contributed by atoms with van der Waals surface area (Å²) >= 11 is 4.15. The van der Waals surface area contributed by atoms with Gasteiger partial charge in [-0.3, -0.25) is 0 Å². The van der Waals surface area contributed by atoms with Gasteiger partial charge in [-0.15, -0.1) is 11.3 Å². The van der Waals surface area contributed by atoms with E-state index >= 15 is 0 Å². The average molecular weight is 411 g/mol. The highest BCUT2D eigenvalue weighted by molar-refractivity contribution is 14.1. The third-order valence-electron chi connectivity index (χ3n) is 3.49. The number of furan rings is 1. The van der Waals surface area contributed by atoms with Gasteiger partial charge in [0.2, 0.25) is 0 Å². The van der Waals surface area contributed by atoms with E-state index in [0.29, 0.717) is 0 Å². The van der Waals surface area contributed by atoms with Crippen molar-refractivity contribution in [1.29, 1.82) is 0 Å². The second kappa shape index (κ2) is 6.50. The first-order valence-electron chi connectivity index (χ1n) is 7.15. The van der Waals surface area contributed by atoms with Crippen molar-refractivity contribution in [1.82, 2.24) is 5.32 Å². The molecule has 4 heteroatoms. The van der Waals surface area contributed by atoms with Gasteiger partial charge in [0, 0.05) is 5.39 Å². The lowest BCUT2D eigenvalue weighted by molar-refractivity contribution is 0.470. The van der Waals surface area contributed by atoms with Crippen LogP contribution in [0.25, 0.3) is 11.0 Å². The Morgan fingerprint density at radius 3 is 2.86 bits per heavy atom. The fourth-order valence-corrected chi connectivity index (χ4v) is 3.87. The van der Waals surface area contributed by atoms with Gasteiger partial charge in [-0.2, -0.15) is 0 Å². The Hall–Kier alpha value is -0.850. The Labute approximate surface area is 142 Å². The Morgan fingerprint density at radius 1 is 1.29 bits per heavy atom. The normalized spacial score (nSPS) is 12.9. The van der Waals surface area contributed by atoms with Crippen LogP contribution in [0, 0.1) is 9.81 Å². The fraction of sp³-hybridized carbons (Fsp3) is 0.294. The molecule has 0 amide bonds. The minimum atomic E-state index is 0.137. The van der Waals surface area contributed by atoms with Gasteiger partial charge in [-0.25, -0.2) is 0 Å². The quantitative estimate of drug-likeness (QED) is 0.562. The minimum absolute atomic E-state index is 0.137. The highest BCUT2D eigenvalue weighted by atomic mass is 127. The number of rotatable bonds is 5. The molecule has 1 aromatic carbocycles. The lowest BCUT2D eigenvalue weighted by atomic mass is 10.1. The monoisotopic (exact) mass is 411 g/mol. The molecule has 0 fully saturated rings. The third kappa shape index (κ3) is 3.33. The minimum Gasteiger partial charge on any atom is -0.459 e. The van der Waals surface area contributed by atoms with E-state index in [1.54, 1.807) is 11.3 Å². The third-order valence-corrected chi connectivity index (χ3v) is 5.30. The molecule has 3 rings (SSSR count). The number of benzene rings is 1. The number of hydrogen-bond donors (Lipinski definition) is 1. The van der Waals surface area contributed by atoms with E-state index in [1.165, 1.54) is 19.4 Å². The van der Waals surface area contributed by atoms with E-state index in [9.17, 15) is 0 Å². The molecule has 110 valence electrons. The van der Waals surface area contributed by atoms with Gasteiger partial charge in [0.05, 0.1) is 8.93 Å². The Bertz CT molecular complexity index is 746. The summed E-state index contributed by atoms with van der Waals surface area (Å²) in [5, 5.41) is 7.00. The molecule has 0 saturated carbocycles. The zero-order chi connectivity index (χ0) is 14.8. The smallest absolute Gasteiger partial charge is 0.134 e. The number of fused-ring (bicyclic) bond motifs is 1. The molecule has 3 aromatic rings. The van der Waals surface area contributed by atoms with Crippen molar-refractivity contribution in [3.8, 4) is 0 Å². The van der Waals surface area contributed by atoms with E-state index in [2.05, 4.69) is 77.5 Å². The summed E-state index contributed by atoms with van der Waals surface area (Å²) in [5.41, 5.74) is 3.51. The second-order valence-corrected chi connectivity index (χ2v) is 8.07. The molecule has 0 spiro atoms. The van der Waals surface area contributed by atoms with Crippen LogP contribution in [0.1, 0.15) is 36.3 Å². The van der Waals surface area contributed by atoms with E-state index in [4.69, 9.17) is 4.42 Å². The molecule has 0 saturated heterocycles. The molecule has 0 bridgehead atoms. The molecule has 21 heavy (non-hydrogen) atoms. The van der Waals surface area contributed by atoms with E-state index < -0.39 is 0 Å². The van der Waals surface area contributed by atoms with Crippen molar-refractivity contribution in [3.05, 3.63) is 55.5 Å². The average Bonchev–Trinajstić information content (AvgIpc) is 3.05. The first-order valence-corrected chi connectivity index (χ1v) is 9.10. The van der Waals surface area contributed by atoms with Crippen molar-refractivity contribution in [2.24, 2.45) is 0 Å². The molecular weight excluding hydrogens is 393 g/mol. The first kappa shape index (κ1) is 15.1. The molecule has 1 unspecified atom stereocenters. The zero-order valence-electron chi connectivity index (χ0n) is 12.2. The SMILES string of the molecule is CCCNC(c1csc(I)c1)c1cc2cc(C)ccc2o1. The van der Waals surface area contributed by atoms with Gasteiger partial charge >= 0.3 is 0 Å². The van der Waals surface area contributed by atoms with Crippen LogP contribution in [0.2, 0.25) is 0 Å². The Balaban J connectivity index is 2.00. The van der Waals surface area contributed by atoms with Gasteiger partial charge in [0.1, 0.15) is 11.3 Å². The van der Waals surface area contributed by atoms with Crippen LogP contribution in [0.5, 0.6) is 0 Å². The summed E-state index contributed by atoms with van der Waals surface area (Å²) in [7, 11) is 0. The topological polar surface area (TPSA) is 25.2 Å². The van der Waals surface area contributed by atoms with Crippen LogP contribution in [-0.4, -0.2) is 6.54 Å². The lowest BCUT2D eigenvalue weighted by Crippen LogP contribution is -2.22.